The molecule has 1 aromatic carbocycles. The van der Waals surface area contributed by atoms with E-state index in [-0.39, 0.29) is 0 Å². The quantitative estimate of drug-likeness (QED) is 0.0668. The summed E-state index contributed by atoms with van der Waals surface area (Å²) in [7, 11) is -1.79. The van der Waals surface area contributed by atoms with Gasteiger partial charge in [-0.25, -0.2) is 0 Å². The van der Waals surface area contributed by atoms with Gasteiger partial charge in [-0.3, -0.25) is 0 Å². The monoisotopic (exact) mass is 567 g/mol. The molecule has 0 amide bonds. The lowest BCUT2D eigenvalue weighted by Crippen LogP contribution is -2.44. The molecule has 0 aliphatic carbocycles. The van der Waals surface area contributed by atoms with Crippen LogP contribution in [0.4, 0.5) is 0 Å². The van der Waals surface area contributed by atoms with Crippen molar-refractivity contribution in [2.45, 2.75) is 187 Å². The number of rotatable bonds is 29. The smallest absolute Gasteiger partial charge is 0.0917 e. The van der Waals surface area contributed by atoms with E-state index in [1.54, 1.807) is 5.19 Å². The van der Waals surface area contributed by atoms with Crippen molar-refractivity contribution in [1.82, 2.24) is 0 Å². The van der Waals surface area contributed by atoms with Crippen molar-refractivity contribution in [2.24, 2.45) is 0 Å². The van der Waals surface area contributed by atoms with Crippen LogP contribution in [0, 0.1) is 0 Å². The molecule has 1 aromatic rings. The fraction of sp³-hybridized carbons (Fsp3) is 0.744. The van der Waals surface area contributed by atoms with E-state index in [9.17, 15) is 0 Å². The predicted molar refractivity (Wildman–Crippen MR) is 187 cm³/mol. The van der Waals surface area contributed by atoms with E-state index in [0.29, 0.717) is 0 Å². The molecule has 40 heavy (non-hydrogen) atoms. The van der Waals surface area contributed by atoms with E-state index in [1.807, 2.05) is 0 Å². The van der Waals surface area contributed by atoms with Gasteiger partial charge in [-0.2, -0.15) is 0 Å². The second-order valence-corrected chi connectivity index (χ2v) is 16.4. The summed E-state index contributed by atoms with van der Waals surface area (Å²) < 4.78 is 0. The van der Waals surface area contributed by atoms with Crippen molar-refractivity contribution in [1.29, 1.82) is 0 Å². The zero-order valence-corrected chi connectivity index (χ0v) is 28.6. The number of hydrogen-bond acceptors (Lipinski definition) is 0. The molecule has 1 rings (SSSR count). The van der Waals surface area contributed by atoms with Crippen molar-refractivity contribution in [3.63, 3.8) is 0 Å². The van der Waals surface area contributed by atoms with E-state index in [2.05, 4.69) is 74.7 Å². The molecule has 0 saturated heterocycles. The third-order valence-corrected chi connectivity index (χ3v) is 13.0. The minimum atomic E-state index is -1.79. The Kier molecular flexibility index (Phi) is 25.9. The molecule has 0 aliphatic heterocycles. The summed E-state index contributed by atoms with van der Waals surface area (Å²) in [6.07, 6.45) is 40.1. The fourth-order valence-electron chi connectivity index (χ4n) is 6.06. The Morgan fingerprint density at radius 1 is 0.425 bits per heavy atom. The Hall–Kier alpha value is -1.08. The molecule has 1 heteroatoms. The third kappa shape index (κ3) is 19.9. The maximum absolute atomic E-state index is 2.74. The van der Waals surface area contributed by atoms with Gasteiger partial charge in [0.05, 0.1) is 0 Å². The zero-order chi connectivity index (χ0) is 28.8. The van der Waals surface area contributed by atoms with Gasteiger partial charge in [0.2, 0.25) is 0 Å². The molecule has 0 heterocycles. The standard InChI is InChI=1S/C39H70Si/c1-4-7-10-13-16-18-20-23-26-32-37-40(39-34-29-28-30-35-39,36-31-25-22-15-12-9-6-3)38-33-27-24-21-19-17-14-11-8-5-2/h28-30,32-35,37-38H,4-27,31,36H2,1-3H3. The van der Waals surface area contributed by atoms with Gasteiger partial charge in [0.25, 0.3) is 0 Å². The first-order chi connectivity index (χ1) is 19.8. The van der Waals surface area contributed by atoms with Crippen LogP contribution < -0.4 is 5.19 Å². The predicted octanol–water partition coefficient (Wildman–Crippen LogP) is 13.3. The van der Waals surface area contributed by atoms with Crippen molar-refractivity contribution in [3.05, 3.63) is 53.9 Å². The normalized spacial score (nSPS) is 13.5. The highest BCUT2D eigenvalue weighted by atomic mass is 28.3. The zero-order valence-electron chi connectivity index (χ0n) is 27.6. The van der Waals surface area contributed by atoms with Crippen molar-refractivity contribution >= 4 is 13.3 Å². The van der Waals surface area contributed by atoms with Crippen LogP contribution in [0.25, 0.3) is 0 Å². The molecule has 0 nitrogen and oxygen atoms in total. The highest BCUT2D eigenvalue weighted by Gasteiger charge is 2.28. The van der Waals surface area contributed by atoms with Gasteiger partial charge in [0, 0.05) is 0 Å². The molecule has 0 N–H and O–H groups in total. The number of allylic oxidation sites excluding steroid dienone is 2. The minimum absolute atomic E-state index is 1.26. The van der Waals surface area contributed by atoms with Crippen LogP contribution in [-0.4, -0.2) is 8.07 Å². The van der Waals surface area contributed by atoms with E-state index in [4.69, 9.17) is 0 Å². The van der Waals surface area contributed by atoms with Crippen LogP contribution in [0.3, 0.4) is 0 Å². The van der Waals surface area contributed by atoms with Gasteiger partial charge in [-0.05, 0) is 31.7 Å². The number of benzene rings is 1. The molecular weight excluding hydrogens is 497 g/mol. The molecule has 0 aliphatic rings. The minimum Gasteiger partial charge on any atom is -0.0917 e. The highest BCUT2D eigenvalue weighted by Crippen LogP contribution is 2.22. The lowest BCUT2D eigenvalue weighted by Gasteiger charge is -2.26. The first-order valence-electron chi connectivity index (χ1n) is 18.2. The molecule has 0 unspecified atom stereocenters. The van der Waals surface area contributed by atoms with Crippen LogP contribution in [-0.2, 0) is 0 Å². The molecule has 0 atom stereocenters. The van der Waals surface area contributed by atoms with Crippen LogP contribution in [0.2, 0.25) is 6.04 Å². The molecule has 0 spiro atoms. The Morgan fingerprint density at radius 2 is 0.775 bits per heavy atom. The van der Waals surface area contributed by atoms with E-state index in [0.717, 1.165) is 0 Å². The summed E-state index contributed by atoms with van der Waals surface area (Å²) in [5, 5.41) is 1.63. The van der Waals surface area contributed by atoms with E-state index in [1.165, 1.54) is 167 Å². The van der Waals surface area contributed by atoms with Crippen LogP contribution in [0.15, 0.2) is 53.9 Å². The molecule has 0 saturated carbocycles. The Labute approximate surface area is 253 Å². The third-order valence-electron chi connectivity index (χ3n) is 8.78. The van der Waals surface area contributed by atoms with Gasteiger partial charge in [-0.1, -0.05) is 215 Å². The van der Waals surface area contributed by atoms with Crippen molar-refractivity contribution in [3.8, 4) is 0 Å². The first kappa shape index (κ1) is 36.9. The Morgan fingerprint density at radius 3 is 1.18 bits per heavy atom. The second-order valence-electron chi connectivity index (χ2n) is 12.6. The second kappa shape index (κ2) is 28.1. The number of hydrogen-bond donors (Lipinski definition) is 0. The van der Waals surface area contributed by atoms with Gasteiger partial charge >= 0.3 is 0 Å². The molecule has 230 valence electrons. The highest BCUT2D eigenvalue weighted by molar-refractivity contribution is 6.99. The van der Waals surface area contributed by atoms with Crippen molar-refractivity contribution in [2.75, 3.05) is 0 Å². The van der Waals surface area contributed by atoms with Crippen molar-refractivity contribution < 1.29 is 0 Å². The topological polar surface area (TPSA) is 0 Å². The first-order valence-corrected chi connectivity index (χ1v) is 20.6. The molecule has 0 aromatic heterocycles. The Balaban J connectivity index is 2.70. The Bertz CT molecular complexity index is 658. The average Bonchev–Trinajstić information content (AvgIpc) is 2.98. The van der Waals surface area contributed by atoms with Crippen LogP contribution in [0.5, 0.6) is 0 Å². The maximum Gasteiger partial charge on any atom is 0.133 e. The van der Waals surface area contributed by atoms with E-state index < -0.39 is 8.07 Å². The fourth-order valence-corrected chi connectivity index (χ4v) is 10.0. The summed E-state index contributed by atoms with van der Waals surface area (Å²) in [4.78, 5) is 0. The largest absolute Gasteiger partial charge is 0.133 e. The molecule has 0 fully saturated rings. The lowest BCUT2D eigenvalue weighted by atomic mass is 10.1. The summed E-state index contributed by atoms with van der Waals surface area (Å²) >= 11 is 0. The van der Waals surface area contributed by atoms with Crippen LogP contribution >= 0.6 is 0 Å². The molecule has 0 bridgehead atoms. The number of unbranched alkanes of at least 4 members (excludes halogenated alkanes) is 22. The molecular formula is C39H70Si. The van der Waals surface area contributed by atoms with Gasteiger partial charge in [-0.15, -0.1) is 0 Å². The van der Waals surface area contributed by atoms with Crippen LogP contribution in [0.1, 0.15) is 181 Å². The lowest BCUT2D eigenvalue weighted by molar-refractivity contribution is 0.577. The molecule has 0 radical (unpaired) electrons. The average molecular weight is 567 g/mol. The van der Waals surface area contributed by atoms with Gasteiger partial charge < -0.3 is 0 Å². The van der Waals surface area contributed by atoms with Gasteiger partial charge in [0.15, 0.2) is 0 Å². The van der Waals surface area contributed by atoms with E-state index >= 15 is 0 Å². The summed E-state index contributed by atoms with van der Waals surface area (Å²) in [5.74, 6) is 0. The van der Waals surface area contributed by atoms with Gasteiger partial charge in [0.1, 0.15) is 8.07 Å². The SMILES string of the molecule is CCCCCCCCCCC=C[Si](C=CCCCCCCCCCC)(CCCCCCCCC)c1ccccc1. The summed E-state index contributed by atoms with van der Waals surface area (Å²) in [5.41, 5.74) is 5.48. The summed E-state index contributed by atoms with van der Waals surface area (Å²) in [6, 6.07) is 13.0. The summed E-state index contributed by atoms with van der Waals surface area (Å²) in [6.45, 7) is 6.94. The maximum atomic E-state index is 2.74.